The van der Waals surface area contributed by atoms with Gasteiger partial charge < -0.3 is 10.0 Å². The van der Waals surface area contributed by atoms with Crippen LogP contribution in [0.2, 0.25) is 5.02 Å². The van der Waals surface area contributed by atoms with Gasteiger partial charge in [0.2, 0.25) is 0 Å². The second-order valence-corrected chi connectivity index (χ2v) is 5.97. The van der Waals surface area contributed by atoms with Gasteiger partial charge in [-0.25, -0.2) is 0 Å². The minimum Gasteiger partial charge on any atom is -0.392 e. The Balaban J connectivity index is 1.68. The molecule has 0 bridgehead atoms. The largest absolute Gasteiger partial charge is 0.392 e. The highest BCUT2D eigenvalue weighted by Gasteiger charge is 2.29. The Morgan fingerprint density at radius 3 is 2.68 bits per heavy atom. The lowest BCUT2D eigenvalue weighted by Gasteiger charge is -2.24. The first kappa shape index (κ1) is 13.2. The van der Waals surface area contributed by atoms with Crippen LogP contribution in [0.3, 0.4) is 0 Å². The van der Waals surface area contributed by atoms with Crippen LogP contribution >= 0.6 is 11.6 Å². The van der Waals surface area contributed by atoms with Crippen molar-refractivity contribution in [3.8, 4) is 0 Å². The molecule has 0 aromatic heterocycles. The first-order valence-corrected chi connectivity index (χ1v) is 7.54. The smallest absolute Gasteiger partial charge is 0.0696 e. The van der Waals surface area contributed by atoms with Crippen LogP contribution in [0.5, 0.6) is 0 Å². The summed E-state index contributed by atoms with van der Waals surface area (Å²) < 4.78 is 0. The Hall–Kier alpha value is -0.770. The highest BCUT2D eigenvalue weighted by atomic mass is 35.5. The van der Waals surface area contributed by atoms with Crippen molar-refractivity contribution in [1.82, 2.24) is 4.90 Å². The van der Waals surface area contributed by atoms with Crippen molar-refractivity contribution < 1.29 is 5.11 Å². The molecule has 2 aliphatic heterocycles. The summed E-state index contributed by atoms with van der Waals surface area (Å²) in [7, 11) is 0. The van der Waals surface area contributed by atoms with Gasteiger partial charge in [-0.1, -0.05) is 17.7 Å². The molecule has 104 valence electrons. The third-order valence-electron chi connectivity index (χ3n) is 4.39. The summed E-state index contributed by atoms with van der Waals surface area (Å²) in [4.78, 5) is 5.04. The van der Waals surface area contributed by atoms with E-state index in [4.69, 9.17) is 16.7 Å². The molecule has 1 unspecified atom stereocenters. The highest BCUT2D eigenvalue weighted by molar-refractivity contribution is 6.31. The van der Waals surface area contributed by atoms with Crippen LogP contribution in [0, 0.1) is 0 Å². The van der Waals surface area contributed by atoms with Crippen LogP contribution in [-0.2, 0) is 6.61 Å². The summed E-state index contributed by atoms with van der Waals surface area (Å²) in [6.07, 6.45) is 3.96. The maximum Gasteiger partial charge on any atom is 0.0696 e. The SMILES string of the molecule is OCc1ccc(N2CCC(N3CCCC3)C2)cc1Cl. The Labute approximate surface area is 119 Å². The van der Waals surface area contributed by atoms with Crippen LogP contribution in [0.4, 0.5) is 5.69 Å². The molecule has 4 heteroatoms. The number of hydrogen-bond acceptors (Lipinski definition) is 3. The molecule has 3 rings (SSSR count). The van der Waals surface area contributed by atoms with Gasteiger partial charge in [-0.3, -0.25) is 4.90 Å². The van der Waals surface area contributed by atoms with Gasteiger partial charge in [0.1, 0.15) is 0 Å². The van der Waals surface area contributed by atoms with E-state index in [2.05, 4.69) is 15.9 Å². The van der Waals surface area contributed by atoms with Crippen molar-refractivity contribution in [1.29, 1.82) is 0 Å². The van der Waals surface area contributed by atoms with E-state index in [-0.39, 0.29) is 6.61 Å². The number of nitrogens with zero attached hydrogens (tertiary/aromatic N) is 2. The molecule has 2 saturated heterocycles. The Morgan fingerprint density at radius 2 is 2.00 bits per heavy atom. The number of likely N-dealkylation sites (tertiary alicyclic amines) is 1. The summed E-state index contributed by atoms with van der Waals surface area (Å²) in [5.74, 6) is 0. The third kappa shape index (κ3) is 2.73. The Bertz CT molecular complexity index is 446. The zero-order valence-corrected chi connectivity index (χ0v) is 11.9. The number of rotatable bonds is 3. The molecule has 2 aliphatic rings. The maximum absolute atomic E-state index is 9.16. The molecular formula is C15H21ClN2O. The summed E-state index contributed by atoms with van der Waals surface area (Å²) in [6.45, 7) is 4.76. The van der Waals surface area contributed by atoms with Crippen molar-refractivity contribution in [3.05, 3.63) is 28.8 Å². The van der Waals surface area contributed by atoms with Gasteiger partial charge >= 0.3 is 0 Å². The minimum absolute atomic E-state index is 0.00944. The topological polar surface area (TPSA) is 26.7 Å². The van der Waals surface area contributed by atoms with Crippen LogP contribution in [0.1, 0.15) is 24.8 Å². The van der Waals surface area contributed by atoms with Gasteiger partial charge in [-0.2, -0.15) is 0 Å². The normalized spacial score (nSPS) is 24.3. The first-order chi connectivity index (χ1) is 9.28. The standard InChI is InChI=1S/C15H21ClN2O/c16-15-9-13(4-3-12(15)11-19)18-8-5-14(10-18)17-6-1-2-7-17/h3-4,9,14,19H,1-2,5-8,10-11H2. The quantitative estimate of drug-likeness (QED) is 0.922. The molecule has 1 N–H and O–H groups in total. The van der Waals surface area contributed by atoms with Gasteiger partial charge in [0.15, 0.2) is 0 Å². The third-order valence-corrected chi connectivity index (χ3v) is 4.74. The lowest BCUT2D eigenvalue weighted by Crippen LogP contribution is -2.35. The lowest BCUT2D eigenvalue weighted by molar-refractivity contribution is 0.260. The Kier molecular flexibility index (Phi) is 3.96. The van der Waals surface area contributed by atoms with Gasteiger partial charge in [-0.15, -0.1) is 0 Å². The average Bonchev–Trinajstić information content (AvgIpc) is 3.09. The molecule has 3 nitrogen and oxygen atoms in total. The number of anilines is 1. The maximum atomic E-state index is 9.16. The van der Waals surface area contributed by atoms with Crippen LogP contribution in [0.25, 0.3) is 0 Å². The predicted octanol–water partition coefficient (Wildman–Crippen LogP) is 2.51. The zero-order valence-electron chi connectivity index (χ0n) is 11.2. The number of aliphatic hydroxyl groups is 1. The summed E-state index contributed by atoms with van der Waals surface area (Å²) in [5.41, 5.74) is 1.99. The van der Waals surface area contributed by atoms with Crippen molar-refractivity contribution in [3.63, 3.8) is 0 Å². The summed E-state index contributed by atoms with van der Waals surface area (Å²) in [5, 5.41) is 9.83. The summed E-state index contributed by atoms with van der Waals surface area (Å²) >= 11 is 6.17. The number of aliphatic hydroxyl groups excluding tert-OH is 1. The van der Waals surface area contributed by atoms with Crippen LogP contribution < -0.4 is 4.90 Å². The predicted molar refractivity (Wildman–Crippen MR) is 78.8 cm³/mol. The molecule has 2 fully saturated rings. The van der Waals surface area contributed by atoms with Crippen molar-refractivity contribution in [2.24, 2.45) is 0 Å². The van der Waals surface area contributed by atoms with E-state index in [1.165, 1.54) is 38.0 Å². The lowest BCUT2D eigenvalue weighted by atomic mass is 10.2. The van der Waals surface area contributed by atoms with E-state index in [1.807, 2.05) is 12.1 Å². The van der Waals surface area contributed by atoms with Crippen LogP contribution in [-0.4, -0.2) is 42.2 Å². The molecule has 0 spiro atoms. The second kappa shape index (κ2) is 5.70. The van der Waals surface area contributed by atoms with E-state index in [0.29, 0.717) is 11.1 Å². The van der Waals surface area contributed by atoms with E-state index < -0.39 is 0 Å². The zero-order chi connectivity index (χ0) is 13.2. The van der Waals surface area contributed by atoms with Crippen molar-refractivity contribution in [2.75, 3.05) is 31.1 Å². The molecule has 1 aromatic carbocycles. The van der Waals surface area contributed by atoms with Crippen molar-refractivity contribution >= 4 is 17.3 Å². The molecule has 1 atom stereocenters. The van der Waals surface area contributed by atoms with E-state index in [9.17, 15) is 0 Å². The van der Waals surface area contributed by atoms with Crippen molar-refractivity contribution in [2.45, 2.75) is 31.9 Å². The van der Waals surface area contributed by atoms with Gasteiger partial charge in [0, 0.05) is 29.8 Å². The van der Waals surface area contributed by atoms with Crippen LogP contribution in [0.15, 0.2) is 18.2 Å². The highest BCUT2D eigenvalue weighted by Crippen LogP contribution is 2.28. The minimum atomic E-state index is 0.00944. The van der Waals surface area contributed by atoms with E-state index >= 15 is 0 Å². The molecule has 2 heterocycles. The van der Waals surface area contributed by atoms with Gasteiger partial charge in [-0.05, 0) is 50.0 Å². The average molecular weight is 281 g/mol. The fourth-order valence-electron chi connectivity index (χ4n) is 3.24. The molecule has 0 aliphatic carbocycles. The molecule has 0 amide bonds. The number of halogens is 1. The van der Waals surface area contributed by atoms with Gasteiger partial charge in [0.05, 0.1) is 6.61 Å². The molecule has 0 saturated carbocycles. The second-order valence-electron chi connectivity index (χ2n) is 5.57. The Morgan fingerprint density at radius 1 is 1.21 bits per heavy atom. The van der Waals surface area contributed by atoms with E-state index in [1.54, 1.807) is 0 Å². The number of hydrogen-bond donors (Lipinski definition) is 1. The molecular weight excluding hydrogens is 260 g/mol. The molecule has 19 heavy (non-hydrogen) atoms. The molecule has 1 aromatic rings. The monoisotopic (exact) mass is 280 g/mol. The fourth-order valence-corrected chi connectivity index (χ4v) is 3.48. The van der Waals surface area contributed by atoms with E-state index in [0.717, 1.165) is 18.7 Å². The number of benzene rings is 1. The molecule has 0 radical (unpaired) electrons. The van der Waals surface area contributed by atoms with Gasteiger partial charge in [0.25, 0.3) is 0 Å². The fraction of sp³-hybridized carbons (Fsp3) is 0.600. The summed E-state index contributed by atoms with van der Waals surface area (Å²) in [6, 6.07) is 6.70. The first-order valence-electron chi connectivity index (χ1n) is 7.16.